The number of hydrogen-bond donors (Lipinski definition) is 1. The molecule has 0 radical (unpaired) electrons. The van der Waals surface area contributed by atoms with Crippen LogP contribution in [0, 0.1) is 11.7 Å². The molecule has 0 saturated carbocycles. The van der Waals surface area contributed by atoms with Gasteiger partial charge in [-0.2, -0.15) is 0 Å². The van der Waals surface area contributed by atoms with Crippen molar-refractivity contribution in [2.45, 2.75) is 38.8 Å². The second kappa shape index (κ2) is 6.49. The highest BCUT2D eigenvalue weighted by atomic mass is 19.1. The monoisotopic (exact) mass is 264 g/mol. The van der Waals surface area contributed by atoms with E-state index in [0.29, 0.717) is 6.04 Å². The predicted molar refractivity (Wildman–Crippen MR) is 77.6 cm³/mol. The van der Waals surface area contributed by atoms with Crippen molar-refractivity contribution in [2.24, 2.45) is 5.92 Å². The lowest BCUT2D eigenvalue weighted by molar-refractivity contribution is 0.185. The van der Waals surface area contributed by atoms with Gasteiger partial charge in [0.15, 0.2) is 0 Å². The summed E-state index contributed by atoms with van der Waals surface area (Å²) < 4.78 is 12.9. The molecule has 1 aliphatic heterocycles. The largest absolute Gasteiger partial charge is 0.307 e. The number of nitrogens with one attached hydrogen (secondary N) is 1. The Kier molecular flexibility index (Phi) is 4.94. The van der Waals surface area contributed by atoms with E-state index in [-0.39, 0.29) is 11.9 Å². The minimum absolute atomic E-state index is 0.167. The molecule has 1 aromatic carbocycles. The molecule has 1 N–H and O–H groups in total. The summed E-state index contributed by atoms with van der Waals surface area (Å²) in [4.78, 5) is 2.40. The number of nitrogens with zero attached hydrogens (tertiary/aromatic N) is 1. The van der Waals surface area contributed by atoms with E-state index in [1.807, 2.05) is 12.1 Å². The van der Waals surface area contributed by atoms with Crippen LogP contribution in [0.25, 0.3) is 0 Å². The highest BCUT2D eigenvalue weighted by molar-refractivity contribution is 5.19. The summed E-state index contributed by atoms with van der Waals surface area (Å²) in [5, 5.41) is 3.66. The zero-order valence-electron chi connectivity index (χ0n) is 12.2. The second-order valence-corrected chi connectivity index (χ2v) is 5.87. The Morgan fingerprint density at radius 1 is 1.16 bits per heavy atom. The van der Waals surface area contributed by atoms with Gasteiger partial charge in [-0.05, 0) is 70.4 Å². The molecule has 1 fully saturated rings. The van der Waals surface area contributed by atoms with Crippen molar-refractivity contribution in [1.82, 2.24) is 10.2 Å². The van der Waals surface area contributed by atoms with Crippen LogP contribution in [-0.2, 0) is 0 Å². The summed E-state index contributed by atoms with van der Waals surface area (Å²) >= 11 is 0. The van der Waals surface area contributed by atoms with E-state index in [4.69, 9.17) is 0 Å². The Bertz CT molecular complexity index is 382. The van der Waals surface area contributed by atoms with Gasteiger partial charge in [-0.1, -0.05) is 12.1 Å². The average molecular weight is 264 g/mol. The Hall–Kier alpha value is -0.930. The van der Waals surface area contributed by atoms with Crippen molar-refractivity contribution >= 4 is 0 Å². The van der Waals surface area contributed by atoms with Crippen molar-refractivity contribution in [3.05, 3.63) is 35.6 Å². The Morgan fingerprint density at radius 3 is 2.32 bits per heavy atom. The lowest BCUT2D eigenvalue weighted by atomic mass is 9.90. The van der Waals surface area contributed by atoms with Gasteiger partial charge in [-0.15, -0.1) is 0 Å². The fourth-order valence-corrected chi connectivity index (χ4v) is 2.91. The van der Waals surface area contributed by atoms with Crippen LogP contribution in [-0.4, -0.2) is 31.1 Å². The molecular formula is C16H25FN2. The fraction of sp³-hybridized carbons (Fsp3) is 0.625. The number of halogens is 1. The molecule has 0 aliphatic carbocycles. The first-order valence-corrected chi connectivity index (χ1v) is 7.26. The zero-order valence-corrected chi connectivity index (χ0v) is 12.2. The van der Waals surface area contributed by atoms with E-state index in [9.17, 15) is 4.39 Å². The SMILES string of the molecule is CC(N[C@@H](C)c1ccc(F)cc1)C1CCN(C)CC1. The minimum atomic E-state index is -0.167. The van der Waals surface area contributed by atoms with Crippen molar-refractivity contribution in [3.63, 3.8) is 0 Å². The first-order chi connectivity index (χ1) is 9.06. The van der Waals surface area contributed by atoms with Gasteiger partial charge >= 0.3 is 0 Å². The molecule has 2 nitrogen and oxygen atoms in total. The highest BCUT2D eigenvalue weighted by Gasteiger charge is 2.23. The van der Waals surface area contributed by atoms with Crippen molar-refractivity contribution in [3.8, 4) is 0 Å². The molecule has 0 spiro atoms. The molecular weight excluding hydrogens is 239 g/mol. The fourth-order valence-electron chi connectivity index (χ4n) is 2.91. The van der Waals surface area contributed by atoms with Gasteiger partial charge in [0.2, 0.25) is 0 Å². The molecule has 1 unspecified atom stereocenters. The lowest BCUT2D eigenvalue weighted by Gasteiger charge is -2.34. The molecule has 0 bridgehead atoms. The third-order valence-electron chi connectivity index (χ3n) is 4.35. The summed E-state index contributed by atoms with van der Waals surface area (Å²) in [5.41, 5.74) is 1.15. The molecule has 2 atom stereocenters. The minimum Gasteiger partial charge on any atom is -0.307 e. The third kappa shape index (κ3) is 4.02. The normalized spacial score (nSPS) is 21.3. The van der Waals surface area contributed by atoms with Crippen molar-refractivity contribution in [2.75, 3.05) is 20.1 Å². The summed E-state index contributed by atoms with van der Waals surface area (Å²) in [7, 11) is 2.19. The highest BCUT2D eigenvalue weighted by Crippen LogP contribution is 2.22. The molecule has 0 amide bonds. The van der Waals surface area contributed by atoms with E-state index < -0.39 is 0 Å². The summed E-state index contributed by atoms with van der Waals surface area (Å²) in [5.74, 6) is 0.582. The topological polar surface area (TPSA) is 15.3 Å². The standard InChI is InChI=1S/C16H25FN2/c1-12(14-4-6-16(17)7-5-14)18-13(2)15-8-10-19(3)11-9-15/h4-7,12-13,15,18H,8-11H2,1-3H3/t12-,13?/m0/s1. The van der Waals surface area contributed by atoms with Gasteiger partial charge in [-0.25, -0.2) is 4.39 Å². The van der Waals surface area contributed by atoms with Crippen LogP contribution in [0.4, 0.5) is 4.39 Å². The maximum absolute atomic E-state index is 12.9. The van der Waals surface area contributed by atoms with Gasteiger partial charge < -0.3 is 10.2 Å². The van der Waals surface area contributed by atoms with E-state index in [1.165, 1.54) is 38.1 Å². The lowest BCUT2D eigenvalue weighted by Crippen LogP contribution is -2.41. The van der Waals surface area contributed by atoms with Crippen LogP contribution in [0.15, 0.2) is 24.3 Å². The van der Waals surface area contributed by atoms with E-state index >= 15 is 0 Å². The third-order valence-corrected chi connectivity index (χ3v) is 4.35. The van der Waals surface area contributed by atoms with Gasteiger partial charge in [-0.3, -0.25) is 0 Å². The molecule has 3 heteroatoms. The molecule has 1 heterocycles. The molecule has 106 valence electrons. The molecule has 19 heavy (non-hydrogen) atoms. The summed E-state index contributed by atoms with van der Waals surface area (Å²) in [6.07, 6.45) is 2.53. The van der Waals surface area contributed by atoms with Crippen LogP contribution >= 0.6 is 0 Å². The zero-order chi connectivity index (χ0) is 13.8. The van der Waals surface area contributed by atoms with Crippen molar-refractivity contribution in [1.29, 1.82) is 0 Å². The van der Waals surface area contributed by atoms with E-state index in [1.54, 1.807) is 0 Å². The number of hydrogen-bond acceptors (Lipinski definition) is 2. The Labute approximate surface area is 116 Å². The number of piperidine rings is 1. The maximum atomic E-state index is 12.9. The van der Waals surface area contributed by atoms with Gasteiger partial charge in [0.1, 0.15) is 5.82 Å². The van der Waals surface area contributed by atoms with Gasteiger partial charge in [0.25, 0.3) is 0 Å². The quantitative estimate of drug-likeness (QED) is 0.898. The summed E-state index contributed by atoms with van der Waals surface area (Å²) in [6, 6.07) is 7.59. The van der Waals surface area contributed by atoms with Crippen LogP contribution in [0.1, 0.15) is 38.3 Å². The predicted octanol–water partition coefficient (Wildman–Crippen LogP) is 3.21. The smallest absolute Gasteiger partial charge is 0.123 e. The first-order valence-electron chi connectivity index (χ1n) is 7.26. The molecule has 1 aliphatic rings. The second-order valence-electron chi connectivity index (χ2n) is 5.87. The number of likely N-dealkylation sites (tertiary alicyclic amines) is 1. The summed E-state index contributed by atoms with van der Waals surface area (Å²) in [6.45, 7) is 6.82. The van der Waals surface area contributed by atoms with E-state index in [2.05, 4.69) is 31.1 Å². The van der Waals surface area contributed by atoms with E-state index in [0.717, 1.165) is 11.5 Å². The average Bonchev–Trinajstić information content (AvgIpc) is 2.40. The maximum Gasteiger partial charge on any atom is 0.123 e. The Morgan fingerprint density at radius 2 is 1.74 bits per heavy atom. The van der Waals surface area contributed by atoms with Crippen LogP contribution in [0.3, 0.4) is 0 Å². The number of rotatable bonds is 4. The molecule has 1 aromatic rings. The Balaban J connectivity index is 1.87. The molecule has 0 aromatic heterocycles. The number of benzene rings is 1. The van der Waals surface area contributed by atoms with Crippen LogP contribution in [0.5, 0.6) is 0 Å². The molecule has 1 saturated heterocycles. The van der Waals surface area contributed by atoms with Gasteiger partial charge in [0.05, 0.1) is 0 Å². The van der Waals surface area contributed by atoms with Crippen LogP contribution < -0.4 is 5.32 Å². The first kappa shape index (κ1) is 14.5. The molecule has 2 rings (SSSR count). The van der Waals surface area contributed by atoms with Crippen LogP contribution in [0.2, 0.25) is 0 Å². The van der Waals surface area contributed by atoms with Gasteiger partial charge in [0, 0.05) is 12.1 Å². The van der Waals surface area contributed by atoms with Crippen molar-refractivity contribution < 1.29 is 4.39 Å².